The molecule has 0 amide bonds. The van der Waals surface area contributed by atoms with Crippen molar-refractivity contribution in [3.63, 3.8) is 0 Å². The summed E-state index contributed by atoms with van der Waals surface area (Å²) in [5.74, 6) is -3.11. The van der Waals surface area contributed by atoms with Gasteiger partial charge in [0.25, 0.3) is 10.0 Å². The van der Waals surface area contributed by atoms with E-state index in [0.29, 0.717) is 28.5 Å². The van der Waals surface area contributed by atoms with Crippen molar-refractivity contribution < 1.29 is 26.3 Å². The predicted molar refractivity (Wildman–Crippen MR) is 128 cm³/mol. The number of benzene rings is 2. The van der Waals surface area contributed by atoms with Gasteiger partial charge in [0.05, 0.1) is 17.6 Å². The quantitative estimate of drug-likeness (QED) is 0.325. The van der Waals surface area contributed by atoms with Crippen LogP contribution in [0.2, 0.25) is 0 Å². The number of sulfonamides is 1. The Morgan fingerprint density at radius 1 is 1.03 bits per heavy atom. The van der Waals surface area contributed by atoms with Gasteiger partial charge in [-0.25, -0.2) is 17.8 Å². The third kappa shape index (κ3) is 5.74. The zero-order valence-corrected chi connectivity index (χ0v) is 19.9. The molecule has 2 N–H and O–H groups in total. The predicted octanol–water partition coefficient (Wildman–Crippen LogP) is 4.86. The lowest BCUT2D eigenvalue weighted by Crippen LogP contribution is -2.21. The molecule has 0 aliphatic carbocycles. The molecule has 0 radical (unpaired) electrons. The molecule has 36 heavy (non-hydrogen) atoms. The normalized spacial score (nSPS) is 12.4. The first kappa shape index (κ1) is 25.0. The van der Waals surface area contributed by atoms with Crippen molar-refractivity contribution in [1.82, 2.24) is 19.7 Å². The van der Waals surface area contributed by atoms with Gasteiger partial charge >= 0.3 is 5.76 Å². The molecular weight excluding hydrogens is 497 g/mol. The van der Waals surface area contributed by atoms with Gasteiger partial charge in [-0.15, -0.1) is 0 Å². The smallest absolute Gasteiger partial charge is 0.355 e. The van der Waals surface area contributed by atoms with Crippen molar-refractivity contribution in [2.24, 2.45) is 7.05 Å². The second kappa shape index (κ2) is 10.2. The van der Waals surface area contributed by atoms with Crippen molar-refractivity contribution in [3.05, 3.63) is 78.5 Å². The third-order valence-electron chi connectivity index (χ3n) is 5.11. The van der Waals surface area contributed by atoms with E-state index in [1.807, 2.05) is 4.72 Å². The maximum Gasteiger partial charge on any atom is 0.355 e. The fraction of sp³-hybridized carbons (Fsp3) is 0.174. The first-order valence-electron chi connectivity index (χ1n) is 10.6. The molecule has 0 aliphatic heterocycles. The Bertz CT molecular complexity index is 1450. The molecule has 2 heterocycles. The van der Waals surface area contributed by atoms with E-state index in [2.05, 4.69) is 20.4 Å². The van der Waals surface area contributed by atoms with Crippen LogP contribution < -0.4 is 14.8 Å². The SMILES string of the molecule is C[C@H](Oc1cc(-c2cc(Nc3cnccn3)nn2C)ccc1NS(=O)(=O)C(F)F)c1ccc(F)cc1. The minimum atomic E-state index is -4.95. The van der Waals surface area contributed by atoms with Crippen LogP contribution in [0.1, 0.15) is 18.6 Å². The number of hydrogen-bond acceptors (Lipinski definition) is 7. The first-order valence-corrected chi connectivity index (χ1v) is 12.1. The Morgan fingerprint density at radius 2 is 1.78 bits per heavy atom. The van der Waals surface area contributed by atoms with Crippen LogP contribution in [0.15, 0.2) is 67.1 Å². The first-order chi connectivity index (χ1) is 17.1. The van der Waals surface area contributed by atoms with E-state index in [1.54, 1.807) is 30.8 Å². The van der Waals surface area contributed by atoms with Crippen molar-refractivity contribution >= 4 is 27.3 Å². The zero-order chi connectivity index (χ0) is 25.9. The van der Waals surface area contributed by atoms with E-state index in [-0.39, 0.29) is 11.4 Å². The van der Waals surface area contributed by atoms with Crippen LogP contribution in [0.3, 0.4) is 0 Å². The van der Waals surface area contributed by atoms with Crippen molar-refractivity contribution in [2.75, 3.05) is 10.0 Å². The number of nitrogens with zero attached hydrogens (tertiary/aromatic N) is 4. The number of rotatable bonds is 9. The summed E-state index contributed by atoms with van der Waals surface area (Å²) in [4.78, 5) is 8.12. The Hall–Kier alpha value is -4.13. The van der Waals surface area contributed by atoms with E-state index in [9.17, 15) is 21.6 Å². The molecular formula is C23H21F3N6O3S. The number of nitrogens with one attached hydrogen (secondary N) is 2. The summed E-state index contributed by atoms with van der Waals surface area (Å²) in [6.45, 7) is 1.66. The van der Waals surface area contributed by atoms with Crippen LogP contribution >= 0.6 is 0 Å². The van der Waals surface area contributed by atoms with Gasteiger partial charge in [0.15, 0.2) is 5.82 Å². The number of hydrogen-bond donors (Lipinski definition) is 2. The molecule has 13 heteroatoms. The summed E-state index contributed by atoms with van der Waals surface area (Å²) in [6, 6.07) is 11.6. The second-order valence-electron chi connectivity index (χ2n) is 7.68. The number of anilines is 3. The molecule has 2 aromatic carbocycles. The molecule has 1 atom stereocenters. The summed E-state index contributed by atoms with van der Waals surface area (Å²) in [5.41, 5.74) is 1.61. The molecule has 0 spiro atoms. The molecule has 188 valence electrons. The van der Waals surface area contributed by atoms with E-state index in [4.69, 9.17) is 4.74 Å². The molecule has 0 unspecified atom stereocenters. The van der Waals surface area contributed by atoms with Gasteiger partial charge in [0.1, 0.15) is 23.5 Å². The van der Waals surface area contributed by atoms with Gasteiger partial charge in [-0.1, -0.05) is 18.2 Å². The monoisotopic (exact) mass is 518 g/mol. The minimum Gasteiger partial charge on any atom is -0.484 e. The molecule has 0 aliphatic rings. The standard InChI is InChI=1S/C23H21F3N6O3S/c1-14(15-3-6-17(24)7-4-15)35-20-11-16(5-8-18(20)31-36(33,34)23(25)26)19-12-21(30-32(19)2)29-22-13-27-9-10-28-22/h3-14,23,31H,1-2H3,(H,28,29,30)/t14-/m0/s1. The van der Waals surface area contributed by atoms with Gasteiger partial charge in [0, 0.05) is 31.1 Å². The summed E-state index contributed by atoms with van der Waals surface area (Å²) >= 11 is 0. The highest BCUT2D eigenvalue weighted by molar-refractivity contribution is 7.93. The fourth-order valence-corrected chi connectivity index (χ4v) is 3.91. The number of ether oxygens (including phenoxy) is 1. The number of halogens is 3. The molecule has 0 saturated carbocycles. The van der Waals surface area contributed by atoms with Crippen LogP contribution in [-0.2, 0) is 17.1 Å². The zero-order valence-electron chi connectivity index (χ0n) is 19.1. The average molecular weight is 519 g/mol. The van der Waals surface area contributed by atoms with Crippen LogP contribution in [0, 0.1) is 5.82 Å². The highest BCUT2D eigenvalue weighted by atomic mass is 32.2. The Labute approximate surface area is 205 Å². The lowest BCUT2D eigenvalue weighted by atomic mass is 10.1. The topological polar surface area (TPSA) is 111 Å². The molecule has 0 fully saturated rings. The molecule has 0 bridgehead atoms. The van der Waals surface area contributed by atoms with E-state index in [1.165, 1.54) is 55.0 Å². The van der Waals surface area contributed by atoms with E-state index < -0.39 is 27.7 Å². The largest absolute Gasteiger partial charge is 0.484 e. The molecule has 0 saturated heterocycles. The van der Waals surface area contributed by atoms with Crippen molar-refractivity contribution in [3.8, 4) is 17.0 Å². The summed E-state index contributed by atoms with van der Waals surface area (Å²) < 4.78 is 72.4. The number of aromatic nitrogens is 4. The summed E-state index contributed by atoms with van der Waals surface area (Å²) in [5, 5.41) is 7.40. The average Bonchev–Trinajstić information content (AvgIpc) is 3.20. The lowest BCUT2D eigenvalue weighted by Gasteiger charge is -2.19. The highest BCUT2D eigenvalue weighted by Gasteiger charge is 2.26. The Morgan fingerprint density at radius 3 is 2.44 bits per heavy atom. The maximum absolute atomic E-state index is 13.3. The van der Waals surface area contributed by atoms with Crippen molar-refractivity contribution in [2.45, 2.75) is 18.8 Å². The maximum atomic E-state index is 13.3. The minimum absolute atomic E-state index is 0.00168. The van der Waals surface area contributed by atoms with Gasteiger partial charge < -0.3 is 10.1 Å². The van der Waals surface area contributed by atoms with Crippen molar-refractivity contribution in [1.29, 1.82) is 0 Å². The van der Waals surface area contributed by atoms with Gasteiger partial charge in [0.2, 0.25) is 0 Å². The van der Waals surface area contributed by atoms with Gasteiger partial charge in [-0.2, -0.15) is 13.9 Å². The van der Waals surface area contributed by atoms with Crippen LogP contribution in [0.25, 0.3) is 11.3 Å². The highest BCUT2D eigenvalue weighted by Crippen LogP contribution is 2.36. The summed E-state index contributed by atoms with van der Waals surface area (Å²) in [7, 11) is -3.25. The van der Waals surface area contributed by atoms with Crippen LogP contribution in [-0.4, -0.2) is 33.9 Å². The van der Waals surface area contributed by atoms with Gasteiger partial charge in [-0.3, -0.25) is 14.4 Å². The summed E-state index contributed by atoms with van der Waals surface area (Å²) in [6.07, 6.45) is 3.93. The van der Waals surface area contributed by atoms with E-state index in [0.717, 1.165) is 0 Å². The Kier molecular flexibility index (Phi) is 7.10. The molecule has 4 rings (SSSR count). The molecule has 4 aromatic rings. The third-order valence-corrected chi connectivity index (χ3v) is 6.08. The van der Waals surface area contributed by atoms with Crippen LogP contribution in [0.5, 0.6) is 5.75 Å². The van der Waals surface area contributed by atoms with Gasteiger partial charge in [-0.05, 0) is 36.8 Å². The second-order valence-corrected chi connectivity index (χ2v) is 9.33. The number of alkyl halides is 2. The Balaban J connectivity index is 1.69. The molecule has 9 nitrogen and oxygen atoms in total. The van der Waals surface area contributed by atoms with E-state index >= 15 is 0 Å². The van der Waals surface area contributed by atoms with Crippen LogP contribution in [0.4, 0.5) is 30.5 Å². The lowest BCUT2D eigenvalue weighted by molar-refractivity contribution is 0.228. The fourth-order valence-electron chi connectivity index (χ4n) is 3.35. The number of aryl methyl sites for hydroxylation is 1. The molecule has 2 aromatic heterocycles.